The summed E-state index contributed by atoms with van der Waals surface area (Å²) < 4.78 is 0. The van der Waals surface area contributed by atoms with Crippen LogP contribution in [0.5, 0.6) is 0 Å². The number of aliphatic hydroxyl groups is 1. The SMILES string of the molecule is OCc1cccc(CBr)c1Cl. The van der Waals surface area contributed by atoms with E-state index < -0.39 is 0 Å². The fourth-order valence-corrected chi connectivity index (χ4v) is 1.74. The number of benzene rings is 1. The van der Waals surface area contributed by atoms with Crippen molar-refractivity contribution >= 4 is 27.5 Å². The van der Waals surface area contributed by atoms with E-state index in [1.807, 2.05) is 18.2 Å². The Kier molecular flexibility index (Phi) is 3.37. The van der Waals surface area contributed by atoms with Gasteiger partial charge < -0.3 is 5.11 Å². The molecule has 0 atom stereocenters. The summed E-state index contributed by atoms with van der Waals surface area (Å²) in [6.45, 7) is -0.000324. The van der Waals surface area contributed by atoms with E-state index in [0.29, 0.717) is 5.02 Å². The van der Waals surface area contributed by atoms with E-state index in [9.17, 15) is 0 Å². The quantitative estimate of drug-likeness (QED) is 0.782. The third-order valence-electron chi connectivity index (χ3n) is 1.47. The summed E-state index contributed by atoms with van der Waals surface area (Å²) in [5, 5.41) is 10.2. The molecule has 0 aliphatic rings. The van der Waals surface area contributed by atoms with Gasteiger partial charge in [-0.2, -0.15) is 0 Å². The summed E-state index contributed by atoms with van der Waals surface area (Å²) in [7, 11) is 0. The van der Waals surface area contributed by atoms with Gasteiger partial charge in [0.05, 0.1) is 11.6 Å². The van der Waals surface area contributed by atoms with Gasteiger partial charge in [0.15, 0.2) is 0 Å². The molecular weight excluding hydrogens is 227 g/mol. The Morgan fingerprint density at radius 1 is 1.36 bits per heavy atom. The van der Waals surface area contributed by atoms with Crippen LogP contribution >= 0.6 is 27.5 Å². The lowest BCUT2D eigenvalue weighted by atomic mass is 10.1. The molecule has 0 bridgehead atoms. The minimum absolute atomic E-state index is 0.000324. The molecule has 0 amide bonds. The molecule has 0 spiro atoms. The predicted molar refractivity (Wildman–Crippen MR) is 50.0 cm³/mol. The van der Waals surface area contributed by atoms with Crippen LogP contribution in [0.25, 0.3) is 0 Å². The number of hydrogen-bond acceptors (Lipinski definition) is 1. The third-order valence-corrected chi connectivity index (χ3v) is 2.56. The molecule has 0 saturated carbocycles. The molecular formula is C8H8BrClO. The number of alkyl halides is 1. The van der Waals surface area contributed by atoms with Crippen molar-refractivity contribution in [2.75, 3.05) is 0 Å². The number of hydrogen-bond donors (Lipinski definition) is 1. The molecule has 1 N–H and O–H groups in total. The minimum atomic E-state index is -0.000324. The number of rotatable bonds is 2. The Morgan fingerprint density at radius 2 is 2.00 bits per heavy atom. The molecule has 1 rings (SSSR count). The number of aliphatic hydroxyl groups excluding tert-OH is 1. The molecule has 0 unspecified atom stereocenters. The normalized spacial score (nSPS) is 10.1. The van der Waals surface area contributed by atoms with Crippen LogP contribution in [0.15, 0.2) is 18.2 Å². The Morgan fingerprint density at radius 3 is 2.55 bits per heavy atom. The second-order valence-corrected chi connectivity index (χ2v) is 3.12. The van der Waals surface area contributed by atoms with Gasteiger partial charge in [-0.25, -0.2) is 0 Å². The molecule has 0 aromatic heterocycles. The maximum atomic E-state index is 8.84. The van der Waals surface area contributed by atoms with Gasteiger partial charge in [0.2, 0.25) is 0 Å². The largest absolute Gasteiger partial charge is 0.392 e. The van der Waals surface area contributed by atoms with Crippen molar-refractivity contribution in [3.8, 4) is 0 Å². The van der Waals surface area contributed by atoms with Gasteiger partial charge in [-0.1, -0.05) is 45.7 Å². The van der Waals surface area contributed by atoms with Gasteiger partial charge in [-0.05, 0) is 11.1 Å². The molecule has 1 aromatic carbocycles. The van der Waals surface area contributed by atoms with E-state index in [2.05, 4.69) is 15.9 Å². The first-order chi connectivity index (χ1) is 5.29. The van der Waals surface area contributed by atoms with Crippen LogP contribution in [0.3, 0.4) is 0 Å². The maximum absolute atomic E-state index is 8.84. The average molecular weight is 236 g/mol. The van der Waals surface area contributed by atoms with E-state index in [4.69, 9.17) is 16.7 Å². The Balaban J connectivity index is 3.10. The lowest BCUT2D eigenvalue weighted by Gasteiger charge is -2.03. The highest BCUT2D eigenvalue weighted by atomic mass is 79.9. The number of halogens is 2. The van der Waals surface area contributed by atoms with Crippen molar-refractivity contribution < 1.29 is 5.11 Å². The summed E-state index contributed by atoms with van der Waals surface area (Å²) in [5.74, 6) is 0. The van der Waals surface area contributed by atoms with E-state index in [1.54, 1.807) is 0 Å². The summed E-state index contributed by atoms with van der Waals surface area (Å²) in [5.41, 5.74) is 1.79. The average Bonchev–Trinajstić information content (AvgIpc) is 2.05. The van der Waals surface area contributed by atoms with E-state index >= 15 is 0 Å². The molecule has 60 valence electrons. The first-order valence-electron chi connectivity index (χ1n) is 3.22. The molecule has 3 heteroatoms. The highest BCUT2D eigenvalue weighted by molar-refractivity contribution is 9.08. The molecule has 0 aliphatic heterocycles. The van der Waals surface area contributed by atoms with Crippen LogP contribution in [0.2, 0.25) is 5.02 Å². The summed E-state index contributed by atoms with van der Waals surface area (Å²) in [4.78, 5) is 0. The Labute approximate surface area is 79.1 Å². The maximum Gasteiger partial charge on any atom is 0.0696 e. The zero-order valence-corrected chi connectivity index (χ0v) is 8.19. The van der Waals surface area contributed by atoms with Gasteiger partial charge >= 0.3 is 0 Å². The molecule has 0 heterocycles. The molecule has 0 radical (unpaired) electrons. The van der Waals surface area contributed by atoms with Crippen LogP contribution in [0.4, 0.5) is 0 Å². The summed E-state index contributed by atoms with van der Waals surface area (Å²) in [6, 6.07) is 5.62. The fourth-order valence-electron chi connectivity index (χ4n) is 0.858. The van der Waals surface area contributed by atoms with Gasteiger partial charge in [-0.3, -0.25) is 0 Å². The van der Waals surface area contributed by atoms with E-state index in [0.717, 1.165) is 16.5 Å². The second-order valence-electron chi connectivity index (χ2n) is 2.18. The van der Waals surface area contributed by atoms with Crippen LogP contribution in [-0.2, 0) is 11.9 Å². The van der Waals surface area contributed by atoms with Crippen LogP contribution in [0, 0.1) is 0 Å². The van der Waals surface area contributed by atoms with Crippen molar-refractivity contribution in [3.63, 3.8) is 0 Å². The van der Waals surface area contributed by atoms with Crippen molar-refractivity contribution in [2.45, 2.75) is 11.9 Å². The molecule has 0 saturated heterocycles. The third kappa shape index (κ3) is 1.95. The predicted octanol–water partition coefficient (Wildman–Crippen LogP) is 2.73. The highest BCUT2D eigenvalue weighted by Gasteiger charge is 2.02. The van der Waals surface area contributed by atoms with Crippen LogP contribution in [0.1, 0.15) is 11.1 Å². The van der Waals surface area contributed by atoms with Gasteiger partial charge in [-0.15, -0.1) is 0 Å². The van der Waals surface area contributed by atoms with Crippen LogP contribution in [-0.4, -0.2) is 5.11 Å². The van der Waals surface area contributed by atoms with E-state index in [-0.39, 0.29) is 6.61 Å². The van der Waals surface area contributed by atoms with Gasteiger partial charge in [0, 0.05) is 5.33 Å². The minimum Gasteiger partial charge on any atom is -0.392 e. The van der Waals surface area contributed by atoms with Gasteiger partial charge in [0.1, 0.15) is 0 Å². The topological polar surface area (TPSA) is 20.2 Å². The van der Waals surface area contributed by atoms with Crippen molar-refractivity contribution in [1.29, 1.82) is 0 Å². The van der Waals surface area contributed by atoms with Gasteiger partial charge in [0.25, 0.3) is 0 Å². The Bertz CT molecular complexity index is 228. The van der Waals surface area contributed by atoms with Crippen molar-refractivity contribution in [2.24, 2.45) is 0 Å². The molecule has 0 fully saturated rings. The summed E-state index contributed by atoms with van der Waals surface area (Å²) in [6.07, 6.45) is 0. The summed E-state index contributed by atoms with van der Waals surface area (Å²) >= 11 is 9.22. The van der Waals surface area contributed by atoms with Crippen molar-refractivity contribution in [1.82, 2.24) is 0 Å². The first kappa shape index (κ1) is 9.04. The fraction of sp³-hybridized carbons (Fsp3) is 0.250. The standard InChI is InChI=1S/C8H8BrClO/c9-4-6-2-1-3-7(5-11)8(6)10/h1-3,11H,4-5H2. The lowest BCUT2D eigenvalue weighted by molar-refractivity contribution is 0.282. The molecule has 1 aromatic rings. The first-order valence-corrected chi connectivity index (χ1v) is 4.72. The molecule has 1 nitrogen and oxygen atoms in total. The highest BCUT2D eigenvalue weighted by Crippen LogP contribution is 2.22. The van der Waals surface area contributed by atoms with Crippen LogP contribution < -0.4 is 0 Å². The van der Waals surface area contributed by atoms with E-state index in [1.165, 1.54) is 0 Å². The smallest absolute Gasteiger partial charge is 0.0696 e. The Hall–Kier alpha value is -0.0500. The molecule has 0 aliphatic carbocycles. The zero-order chi connectivity index (χ0) is 8.27. The lowest BCUT2D eigenvalue weighted by Crippen LogP contribution is -1.88. The zero-order valence-electron chi connectivity index (χ0n) is 5.85. The monoisotopic (exact) mass is 234 g/mol. The second kappa shape index (κ2) is 4.10. The van der Waals surface area contributed by atoms with Crippen molar-refractivity contribution in [3.05, 3.63) is 34.3 Å². The molecule has 11 heavy (non-hydrogen) atoms.